The second kappa shape index (κ2) is 8.52. The third-order valence-electron chi connectivity index (χ3n) is 5.23. The van der Waals surface area contributed by atoms with Gasteiger partial charge in [0.05, 0.1) is 11.8 Å². The van der Waals surface area contributed by atoms with Crippen LogP contribution in [-0.4, -0.2) is 45.6 Å². The number of imidazole rings is 1. The average Bonchev–Trinajstić information content (AvgIpc) is 3.39. The van der Waals surface area contributed by atoms with Crippen molar-refractivity contribution < 1.29 is 14.3 Å². The fourth-order valence-electron chi connectivity index (χ4n) is 3.76. The molecule has 1 atom stereocenters. The van der Waals surface area contributed by atoms with E-state index in [-0.39, 0.29) is 17.9 Å². The molecule has 0 spiro atoms. The van der Waals surface area contributed by atoms with Crippen molar-refractivity contribution in [1.82, 2.24) is 25.2 Å². The fraction of sp³-hybridized carbons (Fsp3) is 0.500. The smallest absolute Gasteiger partial charge is 0.287 e. The third-order valence-corrected chi connectivity index (χ3v) is 5.23. The Balaban J connectivity index is 1.47. The normalized spacial score (nSPS) is 18.5. The molecule has 2 N–H and O–H groups in total. The molecule has 0 aliphatic carbocycles. The summed E-state index contributed by atoms with van der Waals surface area (Å²) in [5.41, 5.74) is 2.11. The molecule has 8 heteroatoms. The summed E-state index contributed by atoms with van der Waals surface area (Å²) in [4.78, 5) is 33.9. The van der Waals surface area contributed by atoms with Crippen molar-refractivity contribution in [2.45, 2.75) is 51.3 Å². The molecular formula is C20H25N5O3. The summed E-state index contributed by atoms with van der Waals surface area (Å²) in [6.07, 6.45) is 8.19. The maximum absolute atomic E-state index is 12.7. The predicted molar refractivity (Wildman–Crippen MR) is 102 cm³/mol. The van der Waals surface area contributed by atoms with Crippen molar-refractivity contribution in [1.29, 1.82) is 0 Å². The monoisotopic (exact) mass is 383 g/mol. The molecule has 28 heavy (non-hydrogen) atoms. The van der Waals surface area contributed by atoms with Crippen LogP contribution in [0.5, 0.6) is 0 Å². The van der Waals surface area contributed by atoms with E-state index >= 15 is 0 Å². The van der Waals surface area contributed by atoms with E-state index in [1.54, 1.807) is 12.4 Å². The number of hydrogen-bond acceptors (Lipinski definition) is 5. The quantitative estimate of drug-likeness (QED) is 0.787. The standard InChI is InChI=1S/C20H25N5O3/c26-19(22-12-14-5-3-8-21-11-14)17-16-7-1-2-9-25(16)18(24-17)20(27)23-13-15-6-4-10-28-15/h3,5,8,11,15H,1-2,4,6-7,9-10,12-13H2,(H,22,26)(H,23,27). The summed E-state index contributed by atoms with van der Waals surface area (Å²) in [5, 5.41) is 5.80. The zero-order valence-electron chi connectivity index (χ0n) is 15.8. The number of fused-ring (bicyclic) bond motifs is 1. The lowest BCUT2D eigenvalue weighted by molar-refractivity contribution is 0.0845. The van der Waals surface area contributed by atoms with Crippen LogP contribution in [0.15, 0.2) is 24.5 Å². The molecule has 2 amide bonds. The van der Waals surface area contributed by atoms with Crippen LogP contribution in [-0.2, 0) is 24.2 Å². The Hall–Kier alpha value is -2.74. The fourth-order valence-corrected chi connectivity index (χ4v) is 3.76. The van der Waals surface area contributed by atoms with Gasteiger partial charge < -0.3 is 19.9 Å². The number of carbonyl (C=O) groups excluding carboxylic acids is 2. The van der Waals surface area contributed by atoms with Crippen molar-refractivity contribution in [2.75, 3.05) is 13.2 Å². The molecule has 0 saturated carbocycles. The Morgan fingerprint density at radius 2 is 2.14 bits per heavy atom. The SMILES string of the molecule is O=C(NCc1cccnc1)c1nc(C(=O)NCC2CCCO2)n2c1CCCC2. The van der Waals surface area contributed by atoms with E-state index in [9.17, 15) is 9.59 Å². The number of aromatic nitrogens is 3. The van der Waals surface area contributed by atoms with Gasteiger partial charge in [-0.2, -0.15) is 0 Å². The molecule has 148 valence electrons. The third kappa shape index (κ3) is 4.06. The highest BCUT2D eigenvalue weighted by Gasteiger charge is 2.28. The van der Waals surface area contributed by atoms with E-state index in [1.807, 2.05) is 16.7 Å². The molecule has 0 aromatic carbocycles. The van der Waals surface area contributed by atoms with E-state index in [2.05, 4.69) is 20.6 Å². The maximum Gasteiger partial charge on any atom is 0.287 e. The average molecular weight is 383 g/mol. The lowest BCUT2D eigenvalue weighted by Crippen LogP contribution is -2.34. The summed E-state index contributed by atoms with van der Waals surface area (Å²) in [6.45, 7) is 2.31. The molecule has 4 rings (SSSR count). The molecule has 1 saturated heterocycles. The first-order valence-electron chi connectivity index (χ1n) is 9.88. The molecule has 0 bridgehead atoms. The van der Waals surface area contributed by atoms with Crippen LogP contribution in [0.3, 0.4) is 0 Å². The molecule has 2 aromatic heterocycles. The van der Waals surface area contributed by atoms with Gasteiger partial charge in [0.1, 0.15) is 5.69 Å². The number of hydrogen-bond donors (Lipinski definition) is 2. The van der Waals surface area contributed by atoms with Gasteiger partial charge in [0.2, 0.25) is 0 Å². The summed E-state index contributed by atoms with van der Waals surface area (Å²) >= 11 is 0. The zero-order valence-corrected chi connectivity index (χ0v) is 15.8. The van der Waals surface area contributed by atoms with Gasteiger partial charge in [0.15, 0.2) is 5.82 Å². The zero-order chi connectivity index (χ0) is 19.3. The molecule has 4 heterocycles. The van der Waals surface area contributed by atoms with Crippen molar-refractivity contribution in [3.8, 4) is 0 Å². The van der Waals surface area contributed by atoms with Crippen LogP contribution < -0.4 is 10.6 Å². The van der Waals surface area contributed by atoms with Gasteiger partial charge >= 0.3 is 0 Å². The number of pyridine rings is 1. The summed E-state index contributed by atoms with van der Waals surface area (Å²) in [7, 11) is 0. The van der Waals surface area contributed by atoms with E-state index in [0.717, 1.165) is 50.0 Å². The summed E-state index contributed by atoms with van der Waals surface area (Å²) in [5.74, 6) is -0.183. The highest BCUT2D eigenvalue weighted by molar-refractivity contribution is 5.97. The molecule has 0 radical (unpaired) electrons. The summed E-state index contributed by atoms with van der Waals surface area (Å²) in [6, 6.07) is 3.73. The van der Waals surface area contributed by atoms with Crippen LogP contribution >= 0.6 is 0 Å². The van der Waals surface area contributed by atoms with E-state index in [4.69, 9.17) is 4.74 Å². The van der Waals surface area contributed by atoms with Crippen LogP contribution in [0.1, 0.15) is 58.0 Å². The molecule has 1 unspecified atom stereocenters. The molecule has 1 fully saturated rings. The van der Waals surface area contributed by atoms with Crippen molar-refractivity contribution in [3.63, 3.8) is 0 Å². The first-order chi connectivity index (χ1) is 13.7. The molecule has 2 aromatic rings. The molecular weight excluding hydrogens is 358 g/mol. The highest BCUT2D eigenvalue weighted by Crippen LogP contribution is 2.21. The lowest BCUT2D eigenvalue weighted by Gasteiger charge is -2.17. The summed E-state index contributed by atoms with van der Waals surface area (Å²) < 4.78 is 7.45. The largest absolute Gasteiger partial charge is 0.376 e. The molecule has 2 aliphatic heterocycles. The van der Waals surface area contributed by atoms with E-state index in [0.29, 0.717) is 31.2 Å². The Morgan fingerprint density at radius 1 is 1.21 bits per heavy atom. The minimum absolute atomic E-state index is 0.0713. The minimum Gasteiger partial charge on any atom is -0.376 e. The van der Waals surface area contributed by atoms with Gasteiger partial charge in [-0.15, -0.1) is 0 Å². The first-order valence-corrected chi connectivity index (χ1v) is 9.88. The Bertz CT molecular complexity index is 843. The lowest BCUT2D eigenvalue weighted by atomic mass is 10.1. The maximum atomic E-state index is 12.7. The molecule has 8 nitrogen and oxygen atoms in total. The van der Waals surface area contributed by atoms with Gasteiger partial charge in [-0.1, -0.05) is 6.07 Å². The van der Waals surface area contributed by atoms with Crippen LogP contribution in [0, 0.1) is 0 Å². The van der Waals surface area contributed by atoms with Crippen molar-refractivity contribution in [2.24, 2.45) is 0 Å². The van der Waals surface area contributed by atoms with Gasteiger partial charge in [0.25, 0.3) is 11.8 Å². The van der Waals surface area contributed by atoms with E-state index < -0.39 is 0 Å². The van der Waals surface area contributed by atoms with Gasteiger partial charge in [0, 0.05) is 38.6 Å². The topological polar surface area (TPSA) is 98.1 Å². The van der Waals surface area contributed by atoms with Crippen LogP contribution in [0.2, 0.25) is 0 Å². The number of nitrogens with zero attached hydrogens (tertiary/aromatic N) is 3. The van der Waals surface area contributed by atoms with Crippen LogP contribution in [0.25, 0.3) is 0 Å². The van der Waals surface area contributed by atoms with Gasteiger partial charge in [-0.05, 0) is 43.7 Å². The second-order valence-corrected chi connectivity index (χ2v) is 7.23. The Kier molecular flexibility index (Phi) is 5.66. The van der Waals surface area contributed by atoms with Crippen molar-refractivity contribution >= 4 is 11.8 Å². The van der Waals surface area contributed by atoms with Gasteiger partial charge in [-0.25, -0.2) is 4.98 Å². The number of ether oxygens (including phenoxy) is 1. The number of carbonyl (C=O) groups is 2. The first kappa shape index (κ1) is 18.6. The number of rotatable bonds is 6. The predicted octanol–water partition coefficient (Wildman–Crippen LogP) is 1.45. The second-order valence-electron chi connectivity index (χ2n) is 7.23. The Morgan fingerprint density at radius 3 is 2.93 bits per heavy atom. The molecule has 2 aliphatic rings. The van der Waals surface area contributed by atoms with Crippen LogP contribution in [0.4, 0.5) is 0 Å². The highest BCUT2D eigenvalue weighted by atomic mass is 16.5. The van der Waals surface area contributed by atoms with Gasteiger partial charge in [-0.3, -0.25) is 14.6 Å². The minimum atomic E-state index is -0.257. The van der Waals surface area contributed by atoms with Crippen molar-refractivity contribution in [3.05, 3.63) is 47.3 Å². The Labute approximate surface area is 163 Å². The van der Waals surface area contributed by atoms with E-state index in [1.165, 1.54) is 0 Å². The number of amides is 2. The number of nitrogens with one attached hydrogen (secondary N) is 2.